The Hall–Kier alpha value is -2.74. The monoisotopic (exact) mass is 413 g/mol. The molecule has 0 amide bonds. The third kappa shape index (κ3) is 3.07. The summed E-state index contributed by atoms with van der Waals surface area (Å²) in [4.78, 5) is 5.78. The maximum atomic E-state index is 12.8. The van der Waals surface area contributed by atoms with E-state index in [-0.39, 0.29) is 10.7 Å². The number of benzene rings is 2. The van der Waals surface area contributed by atoms with E-state index in [1.165, 1.54) is 17.0 Å². The number of hydrogen-bond donors (Lipinski definition) is 1. The van der Waals surface area contributed by atoms with Crippen LogP contribution < -0.4 is 0 Å². The fourth-order valence-electron chi connectivity index (χ4n) is 3.00. The van der Waals surface area contributed by atoms with E-state index in [2.05, 4.69) is 9.39 Å². The summed E-state index contributed by atoms with van der Waals surface area (Å²) in [6.07, 6.45) is 6.75. The van der Waals surface area contributed by atoms with Gasteiger partial charge in [-0.2, -0.15) is 8.42 Å². The van der Waals surface area contributed by atoms with E-state index in [4.69, 9.17) is 11.6 Å². The van der Waals surface area contributed by atoms with Crippen LogP contribution in [0.25, 0.3) is 0 Å². The van der Waals surface area contributed by atoms with E-state index in [0.717, 1.165) is 5.56 Å². The maximum Gasteiger partial charge on any atom is 0.284 e. The zero-order valence-corrected chi connectivity index (χ0v) is 16.4. The molecule has 4 rings (SSSR count). The summed E-state index contributed by atoms with van der Waals surface area (Å²) in [7, 11) is -4.07. The van der Waals surface area contributed by atoms with Crippen molar-refractivity contribution in [2.24, 2.45) is 9.39 Å². The van der Waals surface area contributed by atoms with E-state index >= 15 is 0 Å². The standard InChI is InChI=1S/C20H16ClN3O3S/c1-14-5-11-17(12-6-14)28(26,27)23-19-20(25,15-7-9-16(21)10-8-15)24-13-3-2-4-18(24)22-19/h2-13,25H,1H3. The van der Waals surface area contributed by atoms with Crippen molar-refractivity contribution in [1.82, 2.24) is 4.90 Å². The summed E-state index contributed by atoms with van der Waals surface area (Å²) in [5, 5.41) is 12.0. The van der Waals surface area contributed by atoms with Gasteiger partial charge in [-0.1, -0.05) is 47.5 Å². The molecule has 1 N–H and O–H groups in total. The maximum absolute atomic E-state index is 12.8. The van der Waals surface area contributed by atoms with E-state index in [1.807, 2.05) is 6.92 Å². The van der Waals surface area contributed by atoms with Gasteiger partial charge in [0.15, 0.2) is 0 Å². The first-order chi connectivity index (χ1) is 13.3. The van der Waals surface area contributed by atoms with Crippen LogP contribution in [0.15, 0.2) is 87.2 Å². The highest BCUT2D eigenvalue weighted by Crippen LogP contribution is 2.36. The lowest BCUT2D eigenvalue weighted by Gasteiger charge is -2.33. The Bertz CT molecular complexity index is 1150. The molecule has 8 heteroatoms. The summed E-state index contributed by atoms with van der Waals surface area (Å²) in [6, 6.07) is 12.8. The van der Waals surface area contributed by atoms with Crippen LogP contribution in [0.3, 0.4) is 0 Å². The summed E-state index contributed by atoms with van der Waals surface area (Å²) >= 11 is 5.96. The Morgan fingerprint density at radius 1 is 1.07 bits per heavy atom. The Kier molecular flexibility index (Phi) is 4.45. The lowest BCUT2D eigenvalue weighted by molar-refractivity contribution is 0.0222. The molecule has 0 spiro atoms. The minimum Gasteiger partial charge on any atom is -0.360 e. The molecule has 0 aliphatic carbocycles. The smallest absolute Gasteiger partial charge is 0.284 e. The molecule has 0 aromatic heterocycles. The Balaban J connectivity index is 1.87. The Morgan fingerprint density at radius 3 is 2.43 bits per heavy atom. The zero-order valence-electron chi connectivity index (χ0n) is 14.8. The topological polar surface area (TPSA) is 82.3 Å². The van der Waals surface area contributed by atoms with Gasteiger partial charge < -0.3 is 5.11 Å². The highest BCUT2D eigenvalue weighted by atomic mass is 35.5. The van der Waals surface area contributed by atoms with Crippen LogP contribution in [0.1, 0.15) is 11.1 Å². The predicted octanol–water partition coefficient (Wildman–Crippen LogP) is 3.38. The van der Waals surface area contributed by atoms with Crippen molar-refractivity contribution in [1.29, 1.82) is 0 Å². The van der Waals surface area contributed by atoms with Crippen molar-refractivity contribution >= 4 is 33.3 Å². The second kappa shape index (κ2) is 6.70. The first-order valence-electron chi connectivity index (χ1n) is 8.44. The van der Waals surface area contributed by atoms with Gasteiger partial charge in [0, 0.05) is 16.8 Å². The van der Waals surface area contributed by atoms with Gasteiger partial charge in [0.05, 0.1) is 4.90 Å². The SMILES string of the molecule is Cc1ccc(S(=O)(=O)N=C2N=C3C=CC=CN3C2(O)c2ccc(Cl)cc2)cc1. The van der Waals surface area contributed by atoms with Gasteiger partial charge in [0.1, 0.15) is 5.84 Å². The number of allylic oxidation sites excluding steroid dienone is 2. The minimum atomic E-state index is -4.07. The van der Waals surface area contributed by atoms with Crippen molar-refractivity contribution in [2.75, 3.05) is 0 Å². The highest BCUT2D eigenvalue weighted by Gasteiger charge is 2.48. The summed E-state index contributed by atoms with van der Waals surface area (Å²) in [5.74, 6) is 0.152. The number of rotatable bonds is 3. The van der Waals surface area contributed by atoms with E-state index in [9.17, 15) is 13.5 Å². The van der Waals surface area contributed by atoms with Crippen LogP contribution in [0, 0.1) is 6.92 Å². The summed E-state index contributed by atoms with van der Waals surface area (Å²) in [5.41, 5.74) is -0.551. The number of aliphatic hydroxyl groups is 1. The molecule has 0 bridgehead atoms. The second-order valence-corrected chi connectivity index (χ2v) is 8.46. The third-order valence-corrected chi connectivity index (χ3v) is 6.02. The number of halogens is 1. The van der Waals surface area contributed by atoms with E-state index in [1.54, 1.807) is 60.8 Å². The molecule has 1 atom stereocenters. The molecule has 0 fully saturated rings. The molecule has 142 valence electrons. The molecular weight excluding hydrogens is 398 g/mol. The lowest BCUT2D eigenvalue weighted by atomic mass is 10.0. The fraction of sp³-hybridized carbons (Fsp3) is 0.100. The van der Waals surface area contributed by atoms with Crippen molar-refractivity contribution in [3.05, 3.63) is 89.1 Å². The molecule has 2 aromatic rings. The van der Waals surface area contributed by atoms with Gasteiger partial charge in [0.2, 0.25) is 11.6 Å². The van der Waals surface area contributed by atoms with Gasteiger partial charge in [0.25, 0.3) is 10.0 Å². The lowest BCUT2D eigenvalue weighted by Crippen LogP contribution is -2.46. The second-order valence-electron chi connectivity index (χ2n) is 6.42. The molecule has 0 saturated carbocycles. The number of hydrogen-bond acceptors (Lipinski definition) is 4. The average Bonchev–Trinajstić information content (AvgIpc) is 2.95. The fourth-order valence-corrected chi connectivity index (χ4v) is 4.11. The van der Waals surface area contributed by atoms with Crippen LogP contribution in [0.4, 0.5) is 0 Å². The van der Waals surface area contributed by atoms with Gasteiger partial charge >= 0.3 is 0 Å². The number of amidine groups is 2. The molecule has 2 aliphatic heterocycles. The number of aliphatic imine (C=N–C) groups is 1. The molecule has 2 aliphatic rings. The average molecular weight is 414 g/mol. The number of aryl methyl sites for hydroxylation is 1. The molecule has 2 aromatic carbocycles. The Morgan fingerprint density at radius 2 is 1.75 bits per heavy atom. The van der Waals surface area contributed by atoms with Crippen molar-refractivity contribution < 1.29 is 13.5 Å². The van der Waals surface area contributed by atoms with Crippen LogP contribution in [-0.2, 0) is 15.7 Å². The van der Waals surface area contributed by atoms with Crippen molar-refractivity contribution in [3.8, 4) is 0 Å². The van der Waals surface area contributed by atoms with Crippen molar-refractivity contribution in [2.45, 2.75) is 17.5 Å². The molecule has 6 nitrogen and oxygen atoms in total. The largest absolute Gasteiger partial charge is 0.360 e. The van der Waals surface area contributed by atoms with Crippen LogP contribution in [0.5, 0.6) is 0 Å². The first-order valence-corrected chi connectivity index (χ1v) is 10.3. The predicted molar refractivity (Wildman–Crippen MR) is 109 cm³/mol. The van der Waals surface area contributed by atoms with Gasteiger partial charge in [-0.15, -0.1) is 4.40 Å². The van der Waals surface area contributed by atoms with E-state index < -0.39 is 15.7 Å². The zero-order chi connectivity index (χ0) is 19.9. The normalized spacial score (nSPS) is 22.5. The minimum absolute atomic E-state index is 0.0280. The highest BCUT2D eigenvalue weighted by molar-refractivity contribution is 7.90. The summed E-state index contributed by atoms with van der Waals surface area (Å²) in [6.45, 7) is 1.86. The Labute approximate surface area is 167 Å². The molecule has 28 heavy (non-hydrogen) atoms. The van der Waals surface area contributed by atoms with Crippen molar-refractivity contribution in [3.63, 3.8) is 0 Å². The summed E-state index contributed by atoms with van der Waals surface area (Å²) < 4.78 is 29.6. The van der Waals surface area contributed by atoms with E-state index in [0.29, 0.717) is 16.4 Å². The van der Waals surface area contributed by atoms with Gasteiger partial charge in [-0.05, 0) is 43.3 Å². The molecule has 2 heterocycles. The van der Waals surface area contributed by atoms with Gasteiger partial charge in [-0.25, -0.2) is 4.99 Å². The van der Waals surface area contributed by atoms with Crippen LogP contribution in [-0.4, -0.2) is 30.1 Å². The van der Waals surface area contributed by atoms with Crippen LogP contribution in [0.2, 0.25) is 5.02 Å². The first kappa shape index (κ1) is 18.6. The molecule has 1 unspecified atom stereocenters. The number of nitrogens with zero attached hydrogens (tertiary/aromatic N) is 3. The number of sulfonamides is 1. The molecular formula is C20H16ClN3O3S. The molecule has 0 radical (unpaired) electrons. The van der Waals surface area contributed by atoms with Crippen LogP contribution >= 0.6 is 11.6 Å². The third-order valence-electron chi connectivity index (χ3n) is 4.49. The molecule has 0 saturated heterocycles. The quantitative estimate of drug-likeness (QED) is 0.836. The van der Waals surface area contributed by atoms with Gasteiger partial charge in [-0.3, -0.25) is 4.90 Å². The number of fused-ring (bicyclic) bond motifs is 1.